The van der Waals surface area contributed by atoms with E-state index in [-0.39, 0.29) is 5.69 Å². The Morgan fingerprint density at radius 1 is 1.47 bits per heavy atom. The van der Waals surface area contributed by atoms with Crippen molar-refractivity contribution in [3.05, 3.63) is 39.9 Å². The van der Waals surface area contributed by atoms with Crippen molar-refractivity contribution in [1.29, 1.82) is 0 Å². The molecule has 1 atom stereocenters. The van der Waals surface area contributed by atoms with Crippen LogP contribution in [0.25, 0.3) is 0 Å². The van der Waals surface area contributed by atoms with Crippen LogP contribution in [0.2, 0.25) is 0 Å². The number of carboxylic acids is 1. The van der Waals surface area contributed by atoms with Crippen LogP contribution in [0.1, 0.15) is 18.4 Å². The quantitative estimate of drug-likeness (QED) is 0.638. The number of amides is 1. The summed E-state index contributed by atoms with van der Waals surface area (Å²) >= 11 is 0. The maximum absolute atomic E-state index is 12.0. The Kier molecular flexibility index (Phi) is 4.57. The van der Waals surface area contributed by atoms with Crippen molar-refractivity contribution in [3.63, 3.8) is 0 Å². The highest BCUT2D eigenvalue weighted by Crippen LogP contribution is 2.22. The minimum absolute atomic E-state index is 0.0990. The fraction of sp³-hybridized carbons (Fsp3) is 0.333. The Balaban J connectivity index is 2.90. The number of nitrogens with zero attached hydrogens (tertiary/aromatic N) is 2. The molecule has 1 rings (SSSR count). The van der Waals surface area contributed by atoms with Crippen LogP contribution in [0.4, 0.5) is 5.69 Å². The molecule has 19 heavy (non-hydrogen) atoms. The van der Waals surface area contributed by atoms with Crippen molar-refractivity contribution < 1.29 is 19.6 Å². The molecule has 7 nitrogen and oxygen atoms in total. The SMILES string of the molecule is CC(C(=O)N(C)CC(=O)O)c1cccc([N+](=O)[O-])c1. The Morgan fingerprint density at radius 2 is 2.11 bits per heavy atom. The molecule has 0 aliphatic heterocycles. The van der Waals surface area contributed by atoms with Gasteiger partial charge in [0, 0.05) is 19.2 Å². The largest absolute Gasteiger partial charge is 0.480 e. The lowest BCUT2D eigenvalue weighted by Crippen LogP contribution is -2.34. The molecule has 0 spiro atoms. The van der Waals surface area contributed by atoms with E-state index in [0.717, 1.165) is 4.90 Å². The first-order valence-electron chi connectivity index (χ1n) is 5.54. The number of non-ortho nitro benzene ring substituents is 1. The van der Waals surface area contributed by atoms with E-state index < -0.39 is 29.3 Å². The van der Waals surface area contributed by atoms with Gasteiger partial charge in [-0.3, -0.25) is 19.7 Å². The second-order valence-corrected chi connectivity index (χ2v) is 4.16. The molecular formula is C12H14N2O5. The van der Waals surface area contributed by atoms with Crippen LogP contribution in [0.15, 0.2) is 24.3 Å². The summed E-state index contributed by atoms with van der Waals surface area (Å²) in [5.74, 6) is -2.14. The zero-order chi connectivity index (χ0) is 14.6. The van der Waals surface area contributed by atoms with Gasteiger partial charge in [0.05, 0.1) is 10.8 Å². The van der Waals surface area contributed by atoms with Gasteiger partial charge in [0.1, 0.15) is 6.54 Å². The van der Waals surface area contributed by atoms with Gasteiger partial charge in [0.2, 0.25) is 5.91 Å². The molecule has 0 bridgehead atoms. The molecule has 102 valence electrons. The average Bonchev–Trinajstić information content (AvgIpc) is 2.36. The van der Waals surface area contributed by atoms with E-state index in [2.05, 4.69) is 0 Å². The van der Waals surface area contributed by atoms with Crippen molar-refractivity contribution in [2.45, 2.75) is 12.8 Å². The lowest BCUT2D eigenvalue weighted by molar-refractivity contribution is -0.384. The van der Waals surface area contributed by atoms with E-state index in [9.17, 15) is 19.7 Å². The number of carbonyl (C=O) groups is 2. The molecular weight excluding hydrogens is 252 g/mol. The Bertz CT molecular complexity index is 515. The predicted octanol–water partition coefficient (Wildman–Crippen LogP) is 1.24. The lowest BCUT2D eigenvalue weighted by Gasteiger charge is -2.19. The van der Waals surface area contributed by atoms with Gasteiger partial charge in [0.15, 0.2) is 0 Å². The summed E-state index contributed by atoms with van der Waals surface area (Å²) in [6.45, 7) is 1.18. The van der Waals surface area contributed by atoms with Gasteiger partial charge in [-0.25, -0.2) is 0 Å². The topological polar surface area (TPSA) is 101 Å². The van der Waals surface area contributed by atoms with E-state index >= 15 is 0 Å². The number of aliphatic carboxylic acids is 1. The van der Waals surface area contributed by atoms with Gasteiger partial charge in [-0.1, -0.05) is 12.1 Å². The van der Waals surface area contributed by atoms with Gasteiger partial charge in [0.25, 0.3) is 5.69 Å². The van der Waals surface area contributed by atoms with Crippen molar-refractivity contribution in [2.24, 2.45) is 0 Å². The number of carboxylic acid groups (broad SMARTS) is 1. The van der Waals surface area contributed by atoms with E-state index in [1.165, 1.54) is 25.2 Å². The van der Waals surface area contributed by atoms with E-state index in [1.807, 2.05) is 0 Å². The molecule has 0 saturated heterocycles. The molecule has 0 heterocycles. The van der Waals surface area contributed by atoms with Crippen LogP contribution in [0.3, 0.4) is 0 Å². The fourth-order valence-corrected chi connectivity index (χ4v) is 1.66. The molecule has 1 N–H and O–H groups in total. The zero-order valence-electron chi connectivity index (χ0n) is 10.6. The minimum Gasteiger partial charge on any atom is -0.480 e. The number of rotatable bonds is 5. The van der Waals surface area contributed by atoms with Gasteiger partial charge < -0.3 is 10.0 Å². The van der Waals surface area contributed by atoms with Gasteiger partial charge in [-0.05, 0) is 12.5 Å². The number of benzene rings is 1. The average molecular weight is 266 g/mol. The molecule has 0 fully saturated rings. The van der Waals surface area contributed by atoms with Crippen molar-refractivity contribution in [3.8, 4) is 0 Å². The van der Waals surface area contributed by atoms with Gasteiger partial charge in [-0.15, -0.1) is 0 Å². The highest BCUT2D eigenvalue weighted by Gasteiger charge is 2.22. The van der Waals surface area contributed by atoms with Crippen LogP contribution in [0.5, 0.6) is 0 Å². The second-order valence-electron chi connectivity index (χ2n) is 4.16. The summed E-state index contributed by atoms with van der Waals surface area (Å²) < 4.78 is 0. The molecule has 1 aromatic carbocycles. The van der Waals surface area contributed by atoms with E-state index in [4.69, 9.17) is 5.11 Å². The molecule has 0 aliphatic carbocycles. The summed E-state index contributed by atoms with van der Waals surface area (Å²) in [4.78, 5) is 33.7. The van der Waals surface area contributed by atoms with Crippen LogP contribution in [-0.4, -0.2) is 40.4 Å². The highest BCUT2D eigenvalue weighted by molar-refractivity contribution is 5.86. The third-order valence-electron chi connectivity index (χ3n) is 2.70. The molecule has 0 aliphatic rings. The summed E-state index contributed by atoms with van der Waals surface area (Å²) in [6.07, 6.45) is 0. The normalized spacial score (nSPS) is 11.7. The third-order valence-corrected chi connectivity index (χ3v) is 2.70. The zero-order valence-corrected chi connectivity index (χ0v) is 10.6. The number of hydrogen-bond acceptors (Lipinski definition) is 4. The maximum atomic E-state index is 12.0. The van der Waals surface area contributed by atoms with Gasteiger partial charge >= 0.3 is 5.97 Å². The number of nitro benzene ring substituents is 1. The summed E-state index contributed by atoms with van der Waals surface area (Å²) in [5, 5.41) is 19.3. The predicted molar refractivity (Wildman–Crippen MR) is 66.8 cm³/mol. The maximum Gasteiger partial charge on any atom is 0.323 e. The molecule has 0 radical (unpaired) electrons. The molecule has 0 aromatic heterocycles. The molecule has 1 aromatic rings. The van der Waals surface area contributed by atoms with Crippen LogP contribution >= 0.6 is 0 Å². The first kappa shape index (κ1) is 14.6. The Morgan fingerprint density at radius 3 is 2.63 bits per heavy atom. The molecule has 0 saturated carbocycles. The third kappa shape index (κ3) is 3.77. The molecule has 1 unspecified atom stereocenters. The minimum atomic E-state index is -1.11. The van der Waals surface area contributed by atoms with Gasteiger partial charge in [-0.2, -0.15) is 0 Å². The second kappa shape index (κ2) is 5.94. The van der Waals surface area contributed by atoms with Crippen LogP contribution in [0, 0.1) is 10.1 Å². The summed E-state index contributed by atoms with van der Waals surface area (Å²) in [6, 6.07) is 5.75. The Hall–Kier alpha value is -2.44. The number of likely N-dealkylation sites (N-methyl/N-ethyl adjacent to an activating group) is 1. The summed E-state index contributed by atoms with van der Waals surface area (Å²) in [5.41, 5.74) is 0.384. The van der Waals surface area contributed by atoms with E-state index in [0.29, 0.717) is 5.56 Å². The number of carbonyl (C=O) groups excluding carboxylic acids is 1. The monoisotopic (exact) mass is 266 g/mol. The number of nitro groups is 1. The Labute approximate surface area is 109 Å². The summed E-state index contributed by atoms with van der Waals surface area (Å²) in [7, 11) is 1.38. The standard InChI is InChI=1S/C12H14N2O5/c1-8(12(17)13(2)7-11(15)16)9-4-3-5-10(6-9)14(18)19/h3-6,8H,7H2,1-2H3,(H,15,16). The molecule has 7 heteroatoms. The van der Waals surface area contributed by atoms with Crippen molar-refractivity contribution >= 4 is 17.6 Å². The van der Waals surface area contributed by atoms with Crippen molar-refractivity contribution in [1.82, 2.24) is 4.90 Å². The fourth-order valence-electron chi connectivity index (χ4n) is 1.66. The van der Waals surface area contributed by atoms with E-state index in [1.54, 1.807) is 13.0 Å². The van der Waals surface area contributed by atoms with Crippen LogP contribution in [-0.2, 0) is 9.59 Å². The first-order valence-corrected chi connectivity index (χ1v) is 5.54. The number of hydrogen-bond donors (Lipinski definition) is 1. The van der Waals surface area contributed by atoms with Crippen LogP contribution < -0.4 is 0 Å². The molecule has 1 amide bonds. The smallest absolute Gasteiger partial charge is 0.323 e. The van der Waals surface area contributed by atoms with Crippen molar-refractivity contribution in [2.75, 3.05) is 13.6 Å². The first-order chi connectivity index (χ1) is 8.82. The highest BCUT2D eigenvalue weighted by atomic mass is 16.6. The lowest BCUT2D eigenvalue weighted by atomic mass is 9.99.